The molecule has 0 fully saturated rings. The van der Waals surface area contributed by atoms with Crippen LogP contribution in [0.25, 0.3) is 11.4 Å². The Morgan fingerprint density at radius 3 is 2.50 bits per heavy atom. The van der Waals surface area contributed by atoms with Crippen molar-refractivity contribution in [3.05, 3.63) is 65.2 Å². The number of rotatable bonds is 6. The van der Waals surface area contributed by atoms with Gasteiger partial charge < -0.3 is 5.32 Å². The maximum absolute atomic E-state index is 12.4. The fraction of sp³-hybridized carbons (Fsp3) is 0.211. The summed E-state index contributed by atoms with van der Waals surface area (Å²) in [6.07, 6.45) is 0. The number of Topliss-reactive ketones (excluding diaryl/α,β-unsaturated/α-hetero) is 1. The summed E-state index contributed by atoms with van der Waals surface area (Å²) in [5.41, 5.74) is 3.44. The van der Waals surface area contributed by atoms with Crippen LogP contribution in [0.2, 0.25) is 0 Å². The van der Waals surface area contributed by atoms with E-state index in [4.69, 9.17) is 0 Å². The summed E-state index contributed by atoms with van der Waals surface area (Å²) in [6.45, 7) is 3.90. The molecule has 7 heteroatoms. The molecule has 0 unspecified atom stereocenters. The van der Waals surface area contributed by atoms with Crippen LogP contribution in [0.15, 0.2) is 48.5 Å². The summed E-state index contributed by atoms with van der Waals surface area (Å²) in [4.78, 5) is 24.6. The van der Waals surface area contributed by atoms with Crippen molar-refractivity contribution in [2.24, 2.45) is 0 Å². The van der Waals surface area contributed by atoms with Crippen molar-refractivity contribution in [3.8, 4) is 11.4 Å². The van der Waals surface area contributed by atoms with Gasteiger partial charge in [-0.1, -0.05) is 48.5 Å². The number of carbonyl (C=O) groups excluding carboxylic acids is 2. The molecule has 1 amide bonds. The van der Waals surface area contributed by atoms with Crippen molar-refractivity contribution in [2.45, 2.75) is 26.9 Å². The van der Waals surface area contributed by atoms with Gasteiger partial charge in [-0.15, -0.1) is 10.2 Å². The molecule has 1 heterocycles. The van der Waals surface area contributed by atoms with E-state index in [1.54, 1.807) is 12.1 Å². The molecule has 7 nitrogen and oxygen atoms in total. The van der Waals surface area contributed by atoms with E-state index >= 15 is 0 Å². The summed E-state index contributed by atoms with van der Waals surface area (Å²) in [5, 5.41) is 15.0. The maximum Gasteiger partial charge on any atom is 0.217 e. The van der Waals surface area contributed by atoms with E-state index in [2.05, 4.69) is 20.7 Å². The van der Waals surface area contributed by atoms with Crippen LogP contribution in [0.5, 0.6) is 0 Å². The van der Waals surface area contributed by atoms with E-state index < -0.39 is 0 Å². The summed E-state index contributed by atoms with van der Waals surface area (Å²) in [6, 6.07) is 14.9. The summed E-state index contributed by atoms with van der Waals surface area (Å²) >= 11 is 0. The van der Waals surface area contributed by atoms with Crippen LogP contribution in [0.4, 0.5) is 0 Å². The molecular weight excluding hydrogens is 330 g/mol. The van der Waals surface area contributed by atoms with Gasteiger partial charge >= 0.3 is 0 Å². The lowest BCUT2D eigenvalue weighted by atomic mass is 10.1. The van der Waals surface area contributed by atoms with Crippen molar-refractivity contribution in [1.82, 2.24) is 25.5 Å². The van der Waals surface area contributed by atoms with Crippen LogP contribution >= 0.6 is 0 Å². The molecule has 0 saturated carbocycles. The minimum Gasteiger partial charge on any atom is -0.352 e. The van der Waals surface area contributed by atoms with Crippen LogP contribution in [-0.2, 0) is 17.9 Å². The number of ketones is 1. The molecule has 0 atom stereocenters. The first-order valence-corrected chi connectivity index (χ1v) is 8.23. The molecule has 0 radical (unpaired) electrons. The quantitative estimate of drug-likeness (QED) is 0.689. The fourth-order valence-corrected chi connectivity index (χ4v) is 2.50. The summed E-state index contributed by atoms with van der Waals surface area (Å²) in [7, 11) is 0. The van der Waals surface area contributed by atoms with Crippen molar-refractivity contribution in [3.63, 3.8) is 0 Å². The molecule has 0 aliphatic carbocycles. The highest BCUT2D eigenvalue weighted by molar-refractivity contribution is 5.95. The van der Waals surface area contributed by atoms with E-state index in [0.717, 1.165) is 16.7 Å². The Labute approximate surface area is 151 Å². The topological polar surface area (TPSA) is 89.8 Å². The van der Waals surface area contributed by atoms with Gasteiger partial charge in [0.05, 0.1) is 0 Å². The molecule has 1 N–H and O–H groups in total. The third-order valence-corrected chi connectivity index (χ3v) is 3.94. The number of carbonyl (C=O) groups is 2. The number of nitrogens with one attached hydrogen (secondary N) is 1. The first-order valence-electron chi connectivity index (χ1n) is 8.23. The zero-order valence-electron chi connectivity index (χ0n) is 14.6. The van der Waals surface area contributed by atoms with Gasteiger partial charge in [-0.2, -0.15) is 4.80 Å². The summed E-state index contributed by atoms with van der Waals surface area (Å²) < 4.78 is 0. The number of nitrogens with zero attached hydrogens (tertiary/aromatic N) is 4. The molecule has 26 heavy (non-hydrogen) atoms. The molecule has 132 valence electrons. The van der Waals surface area contributed by atoms with Crippen LogP contribution < -0.4 is 5.32 Å². The van der Waals surface area contributed by atoms with Gasteiger partial charge in [0.15, 0.2) is 5.78 Å². The minimum absolute atomic E-state index is 0.0178. The van der Waals surface area contributed by atoms with E-state index in [1.165, 1.54) is 11.7 Å². The second kappa shape index (κ2) is 7.69. The number of aromatic nitrogens is 4. The summed E-state index contributed by atoms with van der Waals surface area (Å²) in [5.74, 6) is 0.304. The van der Waals surface area contributed by atoms with Crippen LogP contribution in [-0.4, -0.2) is 31.9 Å². The standard InChI is InChI=1S/C19H19N5O2/c1-13-5-3-4-6-17(13)19-21-23-24(22-19)12-18(26)16-9-7-15(8-10-16)11-20-14(2)25/h3-10H,11-12H2,1-2H3,(H,20,25). The van der Waals surface area contributed by atoms with E-state index in [1.807, 2.05) is 43.3 Å². The molecule has 0 spiro atoms. The molecular formula is C19H19N5O2. The number of hydrogen-bond acceptors (Lipinski definition) is 5. The van der Waals surface area contributed by atoms with Crippen LogP contribution in [0.1, 0.15) is 28.4 Å². The highest BCUT2D eigenvalue weighted by Crippen LogP contribution is 2.17. The molecule has 0 aliphatic heterocycles. The molecule has 0 bridgehead atoms. The van der Waals surface area contributed by atoms with E-state index in [9.17, 15) is 9.59 Å². The number of benzene rings is 2. The van der Waals surface area contributed by atoms with Crippen molar-refractivity contribution in [1.29, 1.82) is 0 Å². The first-order chi connectivity index (χ1) is 12.5. The predicted octanol–water partition coefficient (Wildman–Crippen LogP) is 2.17. The second-order valence-electron chi connectivity index (χ2n) is 5.99. The Hall–Kier alpha value is -3.35. The van der Waals surface area contributed by atoms with Crippen LogP contribution in [0, 0.1) is 6.92 Å². The van der Waals surface area contributed by atoms with Gasteiger partial charge in [-0.05, 0) is 23.3 Å². The maximum atomic E-state index is 12.4. The minimum atomic E-state index is -0.107. The van der Waals surface area contributed by atoms with Crippen LogP contribution in [0.3, 0.4) is 0 Å². The third-order valence-electron chi connectivity index (χ3n) is 3.94. The van der Waals surface area contributed by atoms with Crippen molar-refractivity contribution >= 4 is 11.7 Å². The second-order valence-corrected chi connectivity index (χ2v) is 5.99. The van der Waals surface area contributed by atoms with Crippen molar-refractivity contribution < 1.29 is 9.59 Å². The van der Waals surface area contributed by atoms with Gasteiger partial charge in [-0.3, -0.25) is 9.59 Å². The third kappa shape index (κ3) is 4.18. The normalized spacial score (nSPS) is 10.5. The van der Waals surface area contributed by atoms with Gasteiger partial charge in [0.1, 0.15) is 6.54 Å². The Balaban J connectivity index is 1.67. The smallest absolute Gasteiger partial charge is 0.217 e. The van der Waals surface area contributed by atoms with Gasteiger partial charge in [0, 0.05) is 24.6 Å². The molecule has 1 aromatic heterocycles. The monoisotopic (exact) mass is 349 g/mol. The lowest BCUT2D eigenvalue weighted by Crippen LogP contribution is -2.19. The zero-order chi connectivity index (χ0) is 18.5. The van der Waals surface area contributed by atoms with Crippen molar-refractivity contribution in [2.75, 3.05) is 0 Å². The molecule has 0 aliphatic rings. The zero-order valence-corrected chi connectivity index (χ0v) is 14.6. The number of aryl methyl sites for hydroxylation is 1. The van der Waals surface area contributed by atoms with E-state index in [0.29, 0.717) is 17.9 Å². The molecule has 0 saturated heterocycles. The highest BCUT2D eigenvalue weighted by atomic mass is 16.1. The molecule has 3 rings (SSSR count). The fourth-order valence-electron chi connectivity index (χ4n) is 2.50. The largest absolute Gasteiger partial charge is 0.352 e. The number of hydrogen-bond donors (Lipinski definition) is 1. The highest BCUT2D eigenvalue weighted by Gasteiger charge is 2.12. The lowest BCUT2D eigenvalue weighted by Gasteiger charge is -2.04. The van der Waals surface area contributed by atoms with E-state index in [-0.39, 0.29) is 18.2 Å². The SMILES string of the molecule is CC(=O)NCc1ccc(C(=O)Cn2nnc(-c3ccccc3C)n2)cc1. The Kier molecular flexibility index (Phi) is 5.17. The lowest BCUT2D eigenvalue weighted by molar-refractivity contribution is -0.119. The number of tetrazole rings is 1. The first kappa shape index (κ1) is 17.5. The predicted molar refractivity (Wildman–Crippen MR) is 96.3 cm³/mol. The van der Waals surface area contributed by atoms with Gasteiger partial charge in [-0.25, -0.2) is 0 Å². The average molecular weight is 349 g/mol. The Morgan fingerprint density at radius 2 is 1.81 bits per heavy atom. The molecule has 3 aromatic rings. The van der Waals surface area contributed by atoms with Gasteiger partial charge in [0.25, 0.3) is 0 Å². The molecule has 2 aromatic carbocycles. The number of amides is 1. The average Bonchev–Trinajstić information content (AvgIpc) is 3.09. The Morgan fingerprint density at radius 1 is 1.08 bits per heavy atom. The van der Waals surface area contributed by atoms with Gasteiger partial charge in [0.2, 0.25) is 11.7 Å². The Bertz CT molecular complexity index is 931.